The van der Waals surface area contributed by atoms with Crippen molar-refractivity contribution in [1.29, 1.82) is 0 Å². The van der Waals surface area contributed by atoms with Crippen LogP contribution in [0.15, 0.2) is 12.2 Å². The van der Waals surface area contributed by atoms with E-state index in [9.17, 15) is 4.79 Å². The summed E-state index contributed by atoms with van der Waals surface area (Å²) in [7, 11) is 4.28. The summed E-state index contributed by atoms with van der Waals surface area (Å²) in [5, 5.41) is 2.88. The Kier molecular flexibility index (Phi) is 7.12. The van der Waals surface area contributed by atoms with Crippen LogP contribution in [0.5, 0.6) is 0 Å². The number of carbonyl (C=O) groups excluding carboxylic acids is 1. The fraction of sp³-hybridized carbons (Fsp3) is 0.786. The summed E-state index contributed by atoms with van der Waals surface area (Å²) in [6, 6.07) is 0. The average molecular weight is 240 g/mol. The number of amides is 1. The van der Waals surface area contributed by atoms with Gasteiger partial charge in [-0.25, -0.2) is 0 Å². The van der Waals surface area contributed by atoms with Crippen LogP contribution in [0.25, 0.3) is 0 Å². The van der Waals surface area contributed by atoms with Gasteiger partial charge in [0.15, 0.2) is 0 Å². The van der Waals surface area contributed by atoms with E-state index in [2.05, 4.69) is 44.7 Å². The van der Waals surface area contributed by atoms with Gasteiger partial charge in [-0.15, -0.1) is 0 Å². The Labute approximate surface area is 106 Å². The molecule has 0 atom stereocenters. The quantitative estimate of drug-likeness (QED) is 0.522. The third kappa shape index (κ3) is 4.90. The highest BCUT2D eigenvalue weighted by molar-refractivity contribution is 5.91. The number of hydrogen-bond donors (Lipinski definition) is 1. The molecular formula is C14H28N2O. The molecule has 3 heteroatoms. The lowest BCUT2D eigenvalue weighted by atomic mass is 9.86. The van der Waals surface area contributed by atoms with E-state index in [1.54, 1.807) is 6.92 Å². The van der Waals surface area contributed by atoms with Gasteiger partial charge in [-0.3, -0.25) is 4.79 Å². The van der Waals surface area contributed by atoms with Gasteiger partial charge >= 0.3 is 0 Å². The second kappa shape index (κ2) is 7.49. The number of nitrogens with one attached hydrogen (secondary N) is 1. The van der Waals surface area contributed by atoms with Gasteiger partial charge in [0.25, 0.3) is 0 Å². The molecule has 0 radical (unpaired) electrons. The van der Waals surface area contributed by atoms with Crippen LogP contribution in [-0.2, 0) is 4.79 Å². The fourth-order valence-corrected chi connectivity index (χ4v) is 2.23. The molecular weight excluding hydrogens is 212 g/mol. The molecule has 0 aliphatic heterocycles. The number of carbonyl (C=O) groups is 1. The molecule has 0 rings (SSSR count). The minimum absolute atomic E-state index is 0.0338. The molecule has 3 nitrogen and oxygen atoms in total. The van der Waals surface area contributed by atoms with Gasteiger partial charge in [-0.05, 0) is 46.7 Å². The monoisotopic (exact) mass is 240 g/mol. The van der Waals surface area contributed by atoms with Gasteiger partial charge < -0.3 is 10.2 Å². The first-order chi connectivity index (χ1) is 7.89. The summed E-state index contributed by atoms with van der Waals surface area (Å²) in [4.78, 5) is 13.6. The van der Waals surface area contributed by atoms with E-state index < -0.39 is 0 Å². The van der Waals surface area contributed by atoms with Crippen LogP contribution in [0.1, 0.15) is 46.5 Å². The Morgan fingerprint density at radius 2 is 1.82 bits per heavy atom. The Hall–Kier alpha value is -0.830. The van der Waals surface area contributed by atoms with Crippen LogP contribution in [0, 0.1) is 0 Å². The van der Waals surface area contributed by atoms with E-state index in [-0.39, 0.29) is 11.4 Å². The first-order valence-electron chi connectivity index (χ1n) is 6.50. The molecule has 0 fully saturated rings. The Morgan fingerprint density at radius 1 is 1.29 bits per heavy atom. The second-order valence-electron chi connectivity index (χ2n) is 4.97. The lowest BCUT2D eigenvalue weighted by Gasteiger charge is -2.39. The zero-order valence-corrected chi connectivity index (χ0v) is 12.1. The molecule has 0 aromatic heterocycles. The molecule has 0 aromatic carbocycles. The van der Waals surface area contributed by atoms with E-state index in [0.717, 1.165) is 32.2 Å². The van der Waals surface area contributed by atoms with Crippen LogP contribution in [0.4, 0.5) is 0 Å². The minimum Gasteiger partial charge on any atom is -0.352 e. The Morgan fingerprint density at radius 3 is 2.18 bits per heavy atom. The predicted molar refractivity (Wildman–Crippen MR) is 74.1 cm³/mol. The van der Waals surface area contributed by atoms with Crippen molar-refractivity contribution >= 4 is 5.91 Å². The highest BCUT2D eigenvalue weighted by Crippen LogP contribution is 2.26. The molecule has 0 heterocycles. The number of nitrogens with zero attached hydrogens (tertiary/aromatic N) is 1. The molecule has 0 aliphatic rings. The summed E-state index contributed by atoms with van der Waals surface area (Å²) < 4.78 is 0. The third-order valence-electron chi connectivity index (χ3n) is 3.76. The lowest BCUT2D eigenvalue weighted by molar-refractivity contribution is -0.117. The second-order valence-corrected chi connectivity index (χ2v) is 4.97. The summed E-state index contributed by atoms with van der Waals surface area (Å²) in [6.45, 7) is 10.6. The standard InChI is InChI=1S/C14H28N2O/c1-7-14(8-2,16(5)6)10-9-11-15-13(17)12(3)4/h3,7-11H2,1-2,4-6H3,(H,15,17). The maximum atomic E-state index is 11.3. The van der Waals surface area contributed by atoms with Crippen molar-refractivity contribution in [3.63, 3.8) is 0 Å². The Bertz CT molecular complexity index is 255. The van der Waals surface area contributed by atoms with E-state index in [0.29, 0.717) is 5.57 Å². The molecule has 0 aromatic rings. The van der Waals surface area contributed by atoms with Gasteiger partial charge in [0.2, 0.25) is 5.91 Å². The maximum Gasteiger partial charge on any atom is 0.246 e. The predicted octanol–water partition coefficient (Wildman–Crippen LogP) is 2.58. The molecule has 0 saturated heterocycles. The van der Waals surface area contributed by atoms with E-state index in [1.807, 2.05) is 0 Å². The van der Waals surface area contributed by atoms with Crippen molar-refractivity contribution in [3.05, 3.63) is 12.2 Å². The van der Waals surface area contributed by atoms with Crippen molar-refractivity contribution in [3.8, 4) is 0 Å². The summed E-state index contributed by atoms with van der Waals surface area (Å²) in [6.07, 6.45) is 4.41. The maximum absolute atomic E-state index is 11.3. The van der Waals surface area contributed by atoms with Crippen molar-refractivity contribution in [2.75, 3.05) is 20.6 Å². The first-order valence-corrected chi connectivity index (χ1v) is 6.50. The molecule has 1 N–H and O–H groups in total. The lowest BCUT2D eigenvalue weighted by Crippen LogP contribution is -2.43. The van der Waals surface area contributed by atoms with Gasteiger partial charge in [0.05, 0.1) is 0 Å². The molecule has 0 bridgehead atoms. The van der Waals surface area contributed by atoms with Crippen LogP contribution >= 0.6 is 0 Å². The highest BCUT2D eigenvalue weighted by Gasteiger charge is 2.27. The minimum atomic E-state index is -0.0338. The smallest absolute Gasteiger partial charge is 0.246 e. The molecule has 1 amide bonds. The summed E-state index contributed by atoms with van der Waals surface area (Å²) >= 11 is 0. The van der Waals surface area contributed by atoms with E-state index in [1.165, 1.54) is 0 Å². The zero-order chi connectivity index (χ0) is 13.5. The normalized spacial score (nSPS) is 11.6. The van der Waals surface area contributed by atoms with Crippen LogP contribution in [-0.4, -0.2) is 37.0 Å². The van der Waals surface area contributed by atoms with Crippen LogP contribution in [0.2, 0.25) is 0 Å². The molecule has 100 valence electrons. The SMILES string of the molecule is C=C(C)C(=O)NCCCC(CC)(CC)N(C)C. The molecule has 0 saturated carbocycles. The van der Waals surface area contributed by atoms with Crippen molar-refractivity contribution in [2.45, 2.75) is 52.0 Å². The van der Waals surface area contributed by atoms with E-state index >= 15 is 0 Å². The fourth-order valence-electron chi connectivity index (χ4n) is 2.23. The molecule has 17 heavy (non-hydrogen) atoms. The molecule has 0 unspecified atom stereocenters. The molecule has 0 spiro atoms. The topological polar surface area (TPSA) is 32.3 Å². The van der Waals surface area contributed by atoms with Crippen LogP contribution in [0.3, 0.4) is 0 Å². The summed E-state index contributed by atoms with van der Waals surface area (Å²) in [5.74, 6) is -0.0338. The summed E-state index contributed by atoms with van der Waals surface area (Å²) in [5.41, 5.74) is 0.850. The first kappa shape index (κ1) is 16.2. The van der Waals surface area contributed by atoms with Gasteiger partial charge in [0.1, 0.15) is 0 Å². The number of hydrogen-bond acceptors (Lipinski definition) is 2. The van der Waals surface area contributed by atoms with Gasteiger partial charge in [0, 0.05) is 17.7 Å². The zero-order valence-electron chi connectivity index (χ0n) is 12.1. The average Bonchev–Trinajstić information content (AvgIpc) is 2.29. The van der Waals surface area contributed by atoms with Crippen LogP contribution < -0.4 is 5.32 Å². The van der Waals surface area contributed by atoms with Crippen molar-refractivity contribution in [1.82, 2.24) is 10.2 Å². The van der Waals surface area contributed by atoms with E-state index in [4.69, 9.17) is 0 Å². The van der Waals surface area contributed by atoms with Gasteiger partial charge in [-0.2, -0.15) is 0 Å². The molecule has 0 aliphatic carbocycles. The van der Waals surface area contributed by atoms with Gasteiger partial charge in [-0.1, -0.05) is 20.4 Å². The van der Waals surface area contributed by atoms with Crippen molar-refractivity contribution < 1.29 is 4.79 Å². The Balaban J connectivity index is 4.08. The largest absolute Gasteiger partial charge is 0.352 e. The highest BCUT2D eigenvalue weighted by atomic mass is 16.1. The van der Waals surface area contributed by atoms with Crippen molar-refractivity contribution in [2.24, 2.45) is 0 Å². The third-order valence-corrected chi connectivity index (χ3v) is 3.76. The number of rotatable bonds is 8.